The van der Waals surface area contributed by atoms with Crippen molar-refractivity contribution in [1.82, 2.24) is 4.90 Å². The molecule has 0 aliphatic carbocycles. The first kappa shape index (κ1) is 14.8. The van der Waals surface area contributed by atoms with Crippen LogP contribution in [0.2, 0.25) is 0 Å². The highest BCUT2D eigenvalue weighted by Gasteiger charge is 2.19. The zero-order valence-corrected chi connectivity index (χ0v) is 13.0. The van der Waals surface area contributed by atoms with E-state index in [0.29, 0.717) is 6.61 Å². The van der Waals surface area contributed by atoms with E-state index >= 15 is 0 Å². The average Bonchev–Trinajstić information content (AvgIpc) is 2.65. The zero-order chi connectivity index (χ0) is 15.5. The molecule has 0 unspecified atom stereocenters. The predicted molar refractivity (Wildman–Crippen MR) is 87.4 cm³/mol. The predicted octanol–water partition coefficient (Wildman–Crippen LogP) is 4.10. The summed E-state index contributed by atoms with van der Waals surface area (Å²) in [5.41, 5.74) is 4.16. The highest BCUT2D eigenvalue weighted by atomic mass is 19.1. The van der Waals surface area contributed by atoms with Crippen LogP contribution in [0.3, 0.4) is 0 Å². The van der Waals surface area contributed by atoms with Crippen LogP contribution < -0.4 is 4.74 Å². The molecule has 1 aliphatic rings. The second-order valence-electron chi connectivity index (χ2n) is 5.80. The van der Waals surface area contributed by atoms with Gasteiger partial charge in [-0.25, -0.2) is 4.39 Å². The molecule has 1 aliphatic heterocycles. The molecule has 0 atom stereocenters. The van der Waals surface area contributed by atoms with Gasteiger partial charge in [-0.05, 0) is 55.4 Å². The van der Waals surface area contributed by atoms with E-state index in [0.717, 1.165) is 41.0 Å². The van der Waals surface area contributed by atoms with Gasteiger partial charge in [-0.1, -0.05) is 30.3 Å². The van der Waals surface area contributed by atoms with E-state index in [-0.39, 0.29) is 5.82 Å². The van der Waals surface area contributed by atoms with Crippen LogP contribution in [0, 0.1) is 5.82 Å². The highest BCUT2D eigenvalue weighted by molar-refractivity contribution is 5.84. The molecule has 0 saturated carbocycles. The molecule has 0 spiro atoms. The lowest BCUT2D eigenvalue weighted by Crippen LogP contribution is -2.12. The number of fused-ring (bicyclic) bond motifs is 2. The van der Waals surface area contributed by atoms with E-state index in [2.05, 4.69) is 37.2 Å². The van der Waals surface area contributed by atoms with E-state index in [1.165, 1.54) is 6.07 Å². The van der Waals surface area contributed by atoms with Crippen LogP contribution in [0.1, 0.15) is 23.1 Å². The first-order chi connectivity index (χ1) is 10.6. The third-order valence-corrected chi connectivity index (χ3v) is 3.85. The van der Waals surface area contributed by atoms with E-state index in [1.54, 1.807) is 12.1 Å². The van der Waals surface area contributed by atoms with Crippen LogP contribution in [0.4, 0.5) is 4.39 Å². The molecular weight excluding hydrogens is 277 g/mol. The first-order valence-electron chi connectivity index (χ1n) is 7.51. The second kappa shape index (κ2) is 6.32. The SMILES string of the molecule is CN(C)CCC=C1c2ccccc2COc2ccc(F)cc21. The molecule has 2 aromatic rings. The minimum Gasteiger partial charge on any atom is -0.488 e. The summed E-state index contributed by atoms with van der Waals surface area (Å²) in [7, 11) is 4.10. The van der Waals surface area contributed by atoms with Gasteiger partial charge in [0.05, 0.1) is 0 Å². The van der Waals surface area contributed by atoms with Crippen LogP contribution >= 0.6 is 0 Å². The number of ether oxygens (including phenoxy) is 1. The summed E-state index contributed by atoms with van der Waals surface area (Å²) >= 11 is 0. The van der Waals surface area contributed by atoms with Crippen molar-refractivity contribution >= 4 is 5.57 Å². The average molecular weight is 297 g/mol. The standard InChI is InChI=1S/C19H20FNO/c1-21(2)11-5-8-17-16-7-4-3-6-14(16)13-22-19-10-9-15(20)12-18(17)19/h3-4,6-10,12H,5,11,13H2,1-2H3. The fraction of sp³-hybridized carbons (Fsp3) is 0.263. The Bertz CT molecular complexity index is 706. The van der Waals surface area contributed by atoms with Crippen LogP contribution in [0.5, 0.6) is 5.75 Å². The molecule has 0 N–H and O–H groups in total. The Balaban J connectivity index is 2.10. The largest absolute Gasteiger partial charge is 0.488 e. The van der Waals surface area contributed by atoms with E-state index < -0.39 is 0 Å². The van der Waals surface area contributed by atoms with Gasteiger partial charge in [-0.15, -0.1) is 0 Å². The third kappa shape index (κ3) is 3.04. The van der Waals surface area contributed by atoms with Crippen LogP contribution in [0.25, 0.3) is 5.57 Å². The maximum Gasteiger partial charge on any atom is 0.127 e. The van der Waals surface area contributed by atoms with Gasteiger partial charge in [0.1, 0.15) is 18.2 Å². The molecule has 0 aromatic heterocycles. The Hall–Kier alpha value is -2.13. The number of benzene rings is 2. The maximum absolute atomic E-state index is 13.7. The van der Waals surface area contributed by atoms with Crippen molar-refractivity contribution in [3.8, 4) is 5.75 Å². The third-order valence-electron chi connectivity index (χ3n) is 3.85. The van der Waals surface area contributed by atoms with E-state index in [9.17, 15) is 4.39 Å². The summed E-state index contributed by atoms with van der Waals surface area (Å²) < 4.78 is 19.6. The Morgan fingerprint density at radius 3 is 2.77 bits per heavy atom. The summed E-state index contributed by atoms with van der Waals surface area (Å²) in [6.07, 6.45) is 3.10. The summed E-state index contributed by atoms with van der Waals surface area (Å²) in [5, 5.41) is 0. The molecule has 3 rings (SSSR count). The van der Waals surface area contributed by atoms with Gasteiger partial charge in [-0.3, -0.25) is 0 Å². The number of rotatable bonds is 3. The molecule has 0 radical (unpaired) electrons. The van der Waals surface area contributed by atoms with Gasteiger partial charge >= 0.3 is 0 Å². The van der Waals surface area contributed by atoms with Crippen molar-refractivity contribution in [3.63, 3.8) is 0 Å². The van der Waals surface area contributed by atoms with Gasteiger partial charge in [0.2, 0.25) is 0 Å². The number of hydrogen-bond donors (Lipinski definition) is 0. The van der Waals surface area contributed by atoms with Crippen molar-refractivity contribution in [1.29, 1.82) is 0 Å². The van der Waals surface area contributed by atoms with Gasteiger partial charge in [0.25, 0.3) is 0 Å². The Morgan fingerprint density at radius 2 is 1.95 bits per heavy atom. The number of halogens is 1. The monoisotopic (exact) mass is 297 g/mol. The van der Waals surface area contributed by atoms with Crippen LogP contribution in [-0.4, -0.2) is 25.5 Å². The lowest BCUT2D eigenvalue weighted by atomic mass is 9.93. The molecular formula is C19H20FNO. The summed E-state index contributed by atoms with van der Waals surface area (Å²) in [5.74, 6) is 0.508. The number of hydrogen-bond acceptors (Lipinski definition) is 2. The van der Waals surface area contributed by atoms with E-state index in [4.69, 9.17) is 4.74 Å². The van der Waals surface area contributed by atoms with Gasteiger partial charge < -0.3 is 9.64 Å². The van der Waals surface area contributed by atoms with Gasteiger partial charge in [0.15, 0.2) is 0 Å². The molecule has 3 heteroatoms. The van der Waals surface area contributed by atoms with Crippen molar-refractivity contribution in [3.05, 3.63) is 71.0 Å². The summed E-state index contributed by atoms with van der Waals surface area (Å²) in [6.45, 7) is 1.47. The van der Waals surface area contributed by atoms with E-state index in [1.807, 2.05) is 12.1 Å². The van der Waals surface area contributed by atoms with Crippen molar-refractivity contribution < 1.29 is 9.13 Å². The highest BCUT2D eigenvalue weighted by Crippen LogP contribution is 2.37. The van der Waals surface area contributed by atoms with Crippen LogP contribution in [-0.2, 0) is 6.61 Å². The molecule has 22 heavy (non-hydrogen) atoms. The quantitative estimate of drug-likeness (QED) is 0.845. The summed E-state index contributed by atoms with van der Waals surface area (Å²) in [6, 6.07) is 12.9. The number of nitrogens with zero attached hydrogens (tertiary/aromatic N) is 1. The lowest BCUT2D eigenvalue weighted by molar-refractivity contribution is 0.307. The minimum atomic E-state index is -0.236. The topological polar surface area (TPSA) is 12.5 Å². The Labute approximate surface area is 130 Å². The smallest absolute Gasteiger partial charge is 0.127 e. The normalized spacial score (nSPS) is 15.2. The molecule has 0 fully saturated rings. The second-order valence-corrected chi connectivity index (χ2v) is 5.80. The van der Waals surface area contributed by atoms with Gasteiger partial charge in [-0.2, -0.15) is 0 Å². The van der Waals surface area contributed by atoms with Crippen molar-refractivity contribution in [2.45, 2.75) is 13.0 Å². The fourth-order valence-corrected chi connectivity index (χ4v) is 2.74. The van der Waals surface area contributed by atoms with Crippen molar-refractivity contribution in [2.75, 3.05) is 20.6 Å². The Kier molecular flexibility index (Phi) is 4.25. The molecule has 2 aromatic carbocycles. The van der Waals surface area contributed by atoms with Crippen molar-refractivity contribution in [2.24, 2.45) is 0 Å². The maximum atomic E-state index is 13.7. The fourth-order valence-electron chi connectivity index (χ4n) is 2.74. The molecule has 114 valence electrons. The molecule has 0 saturated heterocycles. The molecule has 1 heterocycles. The zero-order valence-electron chi connectivity index (χ0n) is 13.0. The first-order valence-corrected chi connectivity index (χ1v) is 7.51. The molecule has 0 amide bonds. The van der Waals surface area contributed by atoms with Crippen LogP contribution in [0.15, 0.2) is 48.5 Å². The lowest BCUT2D eigenvalue weighted by Gasteiger charge is -2.12. The summed E-state index contributed by atoms with van der Waals surface area (Å²) in [4.78, 5) is 2.14. The molecule has 2 nitrogen and oxygen atoms in total. The molecule has 0 bridgehead atoms. The Morgan fingerprint density at radius 1 is 1.14 bits per heavy atom. The van der Waals surface area contributed by atoms with Gasteiger partial charge in [0, 0.05) is 12.1 Å². The minimum absolute atomic E-state index is 0.236.